The molecule has 1 aliphatic heterocycles. The zero-order chi connectivity index (χ0) is 24.2. The third kappa shape index (κ3) is 6.07. The Balaban J connectivity index is 2.01. The van der Waals surface area contributed by atoms with Crippen LogP contribution in [0.5, 0.6) is 5.88 Å². The Morgan fingerprint density at radius 1 is 1.33 bits per heavy atom. The van der Waals surface area contributed by atoms with Crippen LogP contribution in [0.4, 0.5) is 0 Å². The van der Waals surface area contributed by atoms with Gasteiger partial charge in [0, 0.05) is 49.2 Å². The standard InChI is InChI=1S/C23H28N4O5S/c1-16-13-27(17(2)15-28)23(29)20-10-19(8-7-18-6-5-9-24-11-18)12-25-22(20)32-21(16)14-26(3)33(4,30)31/h5-6,9-12,16-17,21,28H,13-15H2,1-4H3/t16-,17-,21+/m0/s1. The number of carbonyl (C=O) groups excluding carboxylic acids is 1. The molecule has 3 atom stereocenters. The van der Waals surface area contributed by atoms with E-state index in [0.717, 1.165) is 11.8 Å². The number of nitrogens with zero attached hydrogens (tertiary/aromatic N) is 4. The van der Waals surface area contributed by atoms with Crippen LogP contribution in [-0.2, 0) is 10.0 Å². The number of pyridine rings is 2. The highest BCUT2D eigenvalue weighted by Crippen LogP contribution is 2.27. The number of hydrogen-bond acceptors (Lipinski definition) is 7. The molecule has 0 radical (unpaired) electrons. The summed E-state index contributed by atoms with van der Waals surface area (Å²) < 4.78 is 31.2. The second-order valence-corrected chi connectivity index (χ2v) is 10.3. The van der Waals surface area contributed by atoms with Gasteiger partial charge in [-0.2, -0.15) is 0 Å². The van der Waals surface area contributed by atoms with Crippen LogP contribution < -0.4 is 4.74 Å². The maximum absolute atomic E-state index is 13.4. The van der Waals surface area contributed by atoms with Gasteiger partial charge in [-0.05, 0) is 25.1 Å². The number of rotatable bonds is 5. The number of fused-ring (bicyclic) bond motifs is 1. The number of aliphatic hydroxyl groups excluding tert-OH is 1. The van der Waals surface area contributed by atoms with Gasteiger partial charge in [-0.25, -0.2) is 17.7 Å². The molecule has 9 nitrogen and oxygen atoms in total. The van der Waals surface area contributed by atoms with Crippen molar-refractivity contribution in [1.82, 2.24) is 19.2 Å². The molecule has 0 fully saturated rings. The first-order valence-corrected chi connectivity index (χ1v) is 12.4. The van der Waals surface area contributed by atoms with E-state index in [1.807, 2.05) is 13.0 Å². The lowest BCUT2D eigenvalue weighted by Gasteiger charge is -2.37. The van der Waals surface area contributed by atoms with E-state index in [0.29, 0.717) is 5.56 Å². The number of amides is 1. The van der Waals surface area contributed by atoms with Crippen LogP contribution in [0.3, 0.4) is 0 Å². The summed E-state index contributed by atoms with van der Waals surface area (Å²) in [5.74, 6) is 5.53. The quantitative estimate of drug-likeness (QED) is 0.646. The molecule has 0 spiro atoms. The van der Waals surface area contributed by atoms with Crippen molar-refractivity contribution in [3.63, 3.8) is 0 Å². The average Bonchev–Trinajstić information content (AvgIpc) is 2.79. The second kappa shape index (κ2) is 10.3. The molecule has 0 aromatic carbocycles. The van der Waals surface area contributed by atoms with Crippen molar-refractivity contribution >= 4 is 15.9 Å². The van der Waals surface area contributed by atoms with Gasteiger partial charge in [0.25, 0.3) is 5.91 Å². The molecular weight excluding hydrogens is 444 g/mol. The van der Waals surface area contributed by atoms with Gasteiger partial charge in [0.1, 0.15) is 11.7 Å². The van der Waals surface area contributed by atoms with Crippen molar-refractivity contribution in [3.05, 3.63) is 53.5 Å². The topological polar surface area (TPSA) is 113 Å². The van der Waals surface area contributed by atoms with Crippen molar-refractivity contribution in [2.24, 2.45) is 5.92 Å². The van der Waals surface area contributed by atoms with Crippen LogP contribution in [0.25, 0.3) is 0 Å². The van der Waals surface area contributed by atoms with Crippen LogP contribution in [0.15, 0.2) is 36.8 Å². The van der Waals surface area contributed by atoms with Gasteiger partial charge in [-0.1, -0.05) is 18.8 Å². The van der Waals surface area contributed by atoms with Crippen molar-refractivity contribution in [3.8, 4) is 17.7 Å². The van der Waals surface area contributed by atoms with Crippen molar-refractivity contribution in [2.75, 3.05) is 33.0 Å². The molecule has 0 aliphatic carbocycles. The van der Waals surface area contributed by atoms with Crippen LogP contribution in [0, 0.1) is 17.8 Å². The summed E-state index contributed by atoms with van der Waals surface area (Å²) in [6, 6.07) is 4.77. The Labute approximate surface area is 194 Å². The Morgan fingerprint density at radius 3 is 2.70 bits per heavy atom. The molecule has 2 aromatic heterocycles. The van der Waals surface area contributed by atoms with E-state index in [1.54, 1.807) is 36.4 Å². The fourth-order valence-electron chi connectivity index (χ4n) is 3.36. The van der Waals surface area contributed by atoms with Gasteiger partial charge in [0.2, 0.25) is 15.9 Å². The Kier molecular flexibility index (Phi) is 7.68. The molecule has 0 saturated carbocycles. The molecular formula is C23H28N4O5S. The summed E-state index contributed by atoms with van der Waals surface area (Å²) in [6.45, 7) is 3.80. The van der Waals surface area contributed by atoms with Crippen molar-refractivity contribution < 1.29 is 23.1 Å². The highest BCUT2D eigenvalue weighted by atomic mass is 32.2. The smallest absolute Gasteiger partial charge is 0.259 e. The monoisotopic (exact) mass is 472 g/mol. The fraction of sp³-hybridized carbons (Fsp3) is 0.435. The van der Waals surface area contributed by atoms with E-state index in [4.69, 9.17) is 4.74 Å². The minimum atomic E-state index is -3.42. The predicted molar refractivity (Wildman–Crippen MR) is 123 cm³/mol. The molecule has 3 heterocycles. The molecule has 2 aromatic rings. The number of carbonyl (C=O) groups is 1. The minimum absolute atomic E-state index is 0.0964. The van der Waals surface area contributed by atoms with E-state index >= 15 is 0 Å². The van der Waals surface area contributed by atoms with Gasteiger partial charge in [-0.3, -0.25) is 9.78 Å². The van der Waals surface area contributed by atoms with Gasteiger partial charge in [0.05, 0.1) is 25.4 Å². The fourth-order valence-corrected chi connectivity index (χ4v) is 3.78. The molecule has 3 rings (SSSR count). The highest BCUT2D eigenvalue weighted by molar-refractivity contribution is 7.88. The SMILES string of the molecule is C[C@H]1CN([C@@H](C)CO)C(=O)c2cc(C#Cc3cccnc3)cnc2O[C@@H]1CN(C)S(C)(=O)=O. The third-order valence-electron chi connectivity index (χ3n) is 5.54. The number of aromatic nitrogens is 2. The number of likely N-dealkylation sites (N-methyl/N-ethyl adjacent to an activating group) is 1. The lowest BCUT2D eigenvalue weighted by Crippen LogP contribution is -2.50. The van der Waals surface area contributed by atoms with E-state index in [1.165, 1.54) is 17.5 Å². The summed E-state index contributed by atoms with van der Waals surface area (Å²) in [4.78, 5) is 23.3. The van der Waals surface area contributed by atoms with E-state index in [2.05, 4.69) is 21.8 Å². The van der Waals surface area contributed by atoms with Gasteiger partial charge >= 0.3 is 0 Å². The minimum Gasteiger partial charge on any atom is -0.472 e. The van der Waals surface area contributed by atoms with Crippen molar-refractivity contribution in [2.45, 2.75) is 26.0 Å². The average molecular weight is 473 g/mol. The normalized spacial score (nSPS) is 19.6. The molecule has 10 heteroatoms. The number of hydrogen-bond donors (Lipinski definition) is 1. The molecule has 33 heavy (non-hydrogen) atoms. The Bertz CT molecular complexity index is 1160. The molecule has 0 bridgehead atoms. The van der Waals surface area contributed by atoms with Gasteiger partial charge in [0.15, 0.2) is 0 Å². The number of sulfonamides is 1. The Hall–Kier alpha value is -3.00. The summed E-state index contributed by atoms with van der Waals surface area (Å²) in [7, 11) is -1.94. The van der Waals surface area contributed by atoms with E-state index < -0.39 is 22.2 Å². The van der Waals surface area contributed by atoms with Crippen LogP contribution in [-0.4, -0.2) is 83.8 Å². The van der Waals surface area contributed by atoms with Gasteiger partial charge < -0.3 is 14.7 Å². The van der Waals surface area contributed by atoms with Crippen LogP contribution in [0.1, 0.15) is 35.3 Å². The highest BCUT2D eigenvalue weighted by Gasteiger charge is 2.35. The molecule has 176 valence electrons. The first kappa shape index (κ1) is 24.6. The van der Waals surface area contributed by atoms with Crippen LogP contribution >= 0.6 is 0 Å². The summed E-state index contributed by atoms with van der Waals surface area (Å²) in [5.41, 5.74) is 1.46. The summed E-state index contributed by atoms with van der Waals surface area (Å²) in [6.07, 6.45) is 5.38. The molecule has 1 N–H and O–H groups in total. The van der Waals surface area contributed by atoms with Crippen LogP contribution in [0.2, 0.25) is 0 Å². The molecule has 1 amide bonds. The second-order valence-electron chi connectivity index (χ2n) is 8.23. The maximum Gasteiger partial charge on any atom is 0.259 e. The number of aliphatic hydroxyl groups is 1. The maximum atomic E-state index is 13.4. The Morgan fingerprint density at radius 2 is 2.06 bits per heavy atom. The summed E-state index contributed by atoms with van der Waals surface area (Å²) >= 11 is 0. The number of ether oxygens (including phenoxy) is 1. The first-order valence-electron chi connectivity index (χ1n) is 10.5. The van der Waals surface area contributed by atoms with Gasteiger partial charge in [-0.15, -0.1) is 0 Å². The molecule has 0 saturated heterocycles. The zero-order valence-electron chi connectivity index (χ0n) is 19.1. The molecule has 1 aliphatic rings. The molecule has 0 unspecified atom stereocenters. The lowest BCUT2D eigenvalue weighted by molar-refractivity contribution is 0.0373. The first-order chi connectivity index (χ1) is 15.6. The third-order valence-corrected chi connectivity index (χ3v) is 6.82. The zero-order valence-corrected chi connectivity index (χ0v) is 19.9. The van der Waals surface area contributed by atoms with E-state index in [-0.39, 0.29) is 43.0 Å². The summed E-state index contributed by atoms with van der Waals surface area (Å²) in [5, 5.41) is 9.73. The van der Waals surface area contributed by atoms with Crippen molar-refractivity contribution in [1.29, 1.82) is 0 Å². The largest absolute Gasteiger partial charge is 0.472 e. The predicted octanol–water partition coefficient (Wildman–Crippen LogP) is 0.988. The van der Waals surface area contributed by atoms with E-state index in [9.17, 15) is 18.3 Å². The lowest BCUT2D eigenvalue weighted by atomic mass is 10.0.